The van der Waals surface area contributed by atoms with Crippen LogP contribution in [0.3, 0.4) is 0 Å². The van der Waals surface area contributed by atoms with Gasteiger partial charge in [0.1, 0.15) is 0 Å². The molecule has 2 aromatic rings. The molecule has 1 amide bonds. The molecule has 0 bridgehead atoms. The number of halogens is 1. The van der Waals surface area contributed by atoms with Crippen LogP contribution in [-0.2, 0) is 0 Å². The highest BCUT2D eigenvalue weighted by molar-refractivity contribution is 6.31. The lowest BCUT2D eigenvalue weighted by atomic mass is 10.1. The zero-order chi connectivity index (χ0) is 15.6. The highest BCUT2D eigenvalue weighted by atomic mass is 35.5. The van der Waals surface area contributed by atoms with Gasteiger partial charge in [0.05, 0.1) is 11.4 Å². The Hall–Kier alpha value is -2.20. The highest BCUT2D eigenvalue weighted by Gasteiger charge is 2.11. The maximum atomic E-state index is 12.4. The van der Waals surface area contributed by atoms with Gasteiger partial charge in [0.25, 0.3) is 5.91 Å². The molecule has 0 aliphatic carbocycles. The molecule has 0 saturated carbocycles. The second kappa shape index (κ2) is 6.06. The Kier molecular flexibility index (Phi) is 4.38. The van der Waals surface area contributed by atoms with E-state index in [-0.39, 0.29) is 5.91 Å². The van der Waals surface area contributed by atoms with Crippen molar-refractivity contribution in [1.82, 2.24) is 0 Å². The van der Waals surface area contributed by atoms with Gasteiger partial charge in [0.2, 0.25) is 0 Å². The van der Waals surface area contributed by atoms with Gasteiger partial charge in [-0.2, -0.15) is 0 Å². The van der Waals surface area contributed by atoms with Crippen molar-refractivity contribution in [1.29, 1.82) is 0 Å². The monoisotopic (exact) mass is 303 g/mol. The van der Waals surface area contributed by atoms with E-state index in [0.29, 0.717) is 22.0 Å². The molecule has 4 nitrogen and oxygen atoms in total. The molecule has 0 fully saturated rings. The second-order valence-corrected chi connectivity index (χ2v) is 5.52. The lowest BCUT2D eigenvalue weighted by Gasteiger charge is -2.18. The van der Waals surface area contributed by atoms with Crippen LogP contribution in [0.2, 0.25) is 5.02 Å². The number of nitrogens with one attached hydrogen (secondary N) is 1. The topological polar surface area (TPSA) is 58.4 Å². The number of nitrogen functional groups attached to an aromatic ring is 1. The van der Waals surface area contributed by atoms with Gasteiger partial charge in [0, 0.05) is 30.4 Å². The first kappa shape index (κ1) is 15.2. The first-order chi connectivity index (χ1) is 9.88. The van der Waals surface area contributed by atoms with Crippen molar-refractivity contribution in [3.05, 3.63) is 52.5 Å². The predicted octanol–water partition coefficient (Wildman–Crippen LogP) is 3.55. The van der Waals surface area contributed by atoms with Gasteiger partial charge in [-0.05, 0) is 48.9 Å². The van der Waals surface area contributed by atoms with Gasteiger partial charge in [-0.1, -0.05) is 11.6 Å². The van der Waals surface area contributed by atoms with E-state index in [9.17, 15) is 4.79 Å². The Morgan fingerprint density at radius 1 is 1.19 bits per heavy atom. The van der Waals surface area contributed by atoms with E-state index in [1.54, 1.807) is 30.3 Å². The minimum Gasteiger partial charge on any atom is -0.399 e. The van der Waals surface area contributed by atoms with Gasteiger partial charge in [-0.3, -0.25) is 4.79 Å². The summed E-state index contributed by atoms with van der Waals surface area (Å²) in [5, 5.41) is 3.46. The Balaban J connectivity index is 2.30. The van der Waals surface area contributed by atoms with Crippen molar-refractivity contribution >= 4 is 34.6 Å². The van der Waals surface area contributed by atoms with Crippen molar-refractivity contribution in [3.8, 4) is 0 Å². The van der Waals surface area contributed by atoms with Crippen molar-refractivity contribution < 1.29 is 4.79 Å². The van der Waals surface area contributed by atoms with Gasteiger partial charge in [0.15, 0.2) is 0 Å². The Bertz CT molecular complexity index is 683. The molecule has 2 aromatic carbocycles. The van der Waals surface area contributed by atoms with Gasteiger partial charge in [-0.25, -0.2) is 0 Å². The van der Waals surface area contributed by atoms with E-state index in [2.05, 4.69) is 5.32 Å². The van der Waals surface area contributed by atoms with Crippen molar-refractivity contribution in [2.24, 2.45) is 0 Å². The summed E-state index contributed by atoms with van der Waals surface area (Å²) in [4.78, 5) is 14.3. The van der Waals surface area contributed by atoms with Crippen LogP contribution in [-0.4, -0.2) is 20.0 Å². The standard InChI is InChI=1S/C16H18ClN3O/c1-10-8-11(4-6-13(10)18)16(21)19-14-9-12(17)5-7-15(14)20(2)3/h4-9H,18H2,1-3H3,(H,19,21). The fourth-order valence-electron chi connectivity index (χ4n) is 2.01. The van der Waals surface area contributed by atoms with E-state index in [1.165, 1.54) is 0 Å². The molecule has 0 unspecified atom stereocenters. The van der Waals surface area contributed by atoms with E-state index in [4.69, 9.17) is 17.3 Å². The molecule has 0 saturated heterocycles. The third kappa shape index (κ3) is 3.47. The van der Waals surface area contributed by atoms with Crippen LogP contribution in [0.15, 0.2) is 36.4 Å². The number of rotatable bonds is 3. The molecular formula is C16H18ClN3O. The molecule has 21 heavy (non-hydrogen) atoms. The maximum absolute atomic E-state index is 12.4. The summed E-state index contributed by atoms with van der Waals surface area (Å²) in [6.45, 7) is 1.87. The maximum Gasteiger partial charge on any atom is 0.255 e. The lowest BCUT2D eigenvalue weighted by molar-refractivity contribution is 0.102. The van der Waals surface area contributed by atoms with Crippen LogP contribution in [0.4, 0.5) is 17.1 Å². The number of carbonyl (C=O) groups excluding carboxylic acids is 1. The van der Waals surface area contributed by atoms with Gasteiger partial charge >= 0.3 is 0 Å². The van der Waals surface area contributed by atoms with E-state index >= 15 is 0 Å². The average molecular weight is 304 g/mol. The molecule has 0 radical (unpaired) electrons. The number of amides is 1. The molecule has 0 aromatic heterocycles. The van der Waals surface area contributed by atoms with Gasteiger partial charge < -0.3 is 16.0 Å². The summed E-state index contributed by atoms with van der Waals surface area (Å²) < 4.78 is 0. The van der Waals surface area contributed by atoms with Crippen LogP contribution in [0.5, 0.6) is 0 Å². The SMILES string of the molecule is Cc1cc(C(=O)Nc2cc(Cl)ccc2N(C)C)ccc1N. The molecule has 0 spiro atoms. The molecule has 0 heterocycles. The minimum atomic E-state index is -0.191. The van der Waals surface area contributed by atoms with Crippen molar-refractivity contribution in [2.45, 2.75) is 6.92 Å². The highest BCUT2D eigenvalue weighted by Crippen LogP contribution is 2.28. The van der Waals surface area contributed by atoms with Crippen molar-refractivity contribution in [2.75, 3.05) is 30.0 Å². The quantitative estimate of drug-likeness (QED) is 0.853. The summed E-state index contributed by atoms with van der Waals surface area (Å²) in [6.07, 6.45) is 0. The number of benzene rings is 2. The van der Waals surface area contributed by atoms with E-state index in [0.717, 1.165) is 11.3 Å². The molecule has 0 aliphatic rings. The summed E-state index contributed by atoms with van der Waals surface area (Å²) in [7, 11) is 3.82. The number of aryl methyl sites for hydroxylation is 1. The minimum absolute atomic E-state index is 0.191. The van der Waals surface area contributed by atoms with Crippen LogP contribution in [0.1, 0.15) is 15.9 Å². The fraction of sp³-hybridized carbons (Fsp3) is 0.188. The zero-order valence-electron chi connectivity index (χ0n) is 12.3. The van der Waals surface area contributed by atoms with E-state index < -0.39 is 0 Å². The van der Waals surface area contributed by atoms with Crippen LogP contribution < -0.4 is 16.0 Å². The van der Waals surface area contributed by atoms with Crippen molar-refractivity contribution in [3.63, 3.8) is 0 Å². The summed E-state index contributed by atoms with van der Waals surface area (Å²) in [5.41, 5.74) is 9.44. The lowest BCUT2D eigenvalue weighted by Crippen LogP contribution is -2.17. The summed E-state index contributed by atoms with van der Waals surface area (Å²) in [5.74, 6) is -0.191. The average Bonchev–Trinajstić information content (AvgIpc) is 2.41. The number of carbonyl (C=O) groups is 1. The summed E-state index contributed by atoms with van der Waals surface area (Å²) >= 11 is 6.01. The molecule has 2 rings (SSSR count). The Morgan fingerprint density at radius 3 is 2.52 bits per heavy atom. The zero-order valence-corrected chi connectivity index (χ0v) is 13.0. The Labute approximate surface area is 129 Å². The summed E-state index contributed by atoms with van der Waals surface area (Å²) in [6, 6.07) is 10.6. The number of nitrogens with zero attached hydrogens (tertiary/aromatic N) is 1. The molecule has 110 valence electrons. The fourth-order valence-corrected chi connectivity index (χ4v) is 2.18. The first-order valence-corrected chi connectivity index (χ1v) is 6.90. The molecule has 0 aliphatic heterocycles. The van der Waals surface area contributed by atoms with Crippen LogP contribution in [0, 0.1) is 6.92 Å². The predicted molar refractivity (Wildman–Crippen MR) is 89.3 cm³/mol. The third-order valence-electron chi connectivity index (χ3n) is 3.22. The molecule has 0 atom stereocenters. The number of hydrogen-bond donors (Lipinski definition) is 2. The molecular weight excluding hydrogens is 286 g/mol. The van der Waals surface area contributed by atoms with Gasteiger partial charge in [-0.15, -0.1) is 0 Å². The largest absolute Gasteiger partial charge is 0.399 e. The number of hydrogen-bond acceptors (Lipinski definition) is 3. The van der Waals surface area contributed by atoms with E-state index in [1.807, 2.05) is 32.0 Å². The second-order valence-electron chi connectivity index (χ2n) is 5.08. The molecule has 3 N–H and O–H groups in total. The number of nitrogens with two attached hydrogens (primary N) is 1. The number of anilines is 3. The Morgan fingerprint density at radius 2 is 1.90 bits per heavy atom. The normalized spacial score (nSPS) is 10.3. The smallest absolute Gasteiger partial charge is 0.255 e. The first-order valence-electron chi connectivity index (χ1n) is 6.53. The van der Waals surface area contributed by atoms with Crippen LogP contribution in [0.25, 0.3) is 0 Å². The molecule has 5 heteroatoms. The van der Waals surface area contributed by atoms with Crippen LogP contribution >= 0.6 is 11.6 Å². The third-order valence-corrected chi connectivity index (χ3v) is 3.46.